The maximum Gasteiger partial charge on any atom is 0.269 e. The molecule has 2 amide bonds. The van der Waals surface area contributed by atoms with Gasteiger partial charge in [-0.2, -0.15) is 0 Å². The molecule has 2 heterocycles. The van der Waals surface area contributed by atoms with Crippen LogP contribution < -0.4 is 24.6 Å². The van der Waals surface area contributed by atoms with Crippen LogP contribution in [-0.2, 0) is 10.0 Å². The summed E-state index contributed by atoms with van der Waals surface area (Å²) in [6, 6.07) is 10.9. The standard InChI is InChI=1S/C18H17N3O6S/c22-17(12-3-1-4-14(9-12)21-7-2-8-28(21,24)25)19-20-18(23)13-5-6-15-16(10-13)27-11-26-15/h1,3-6,9-10H,2,7-8,11H2,(H,19,22)(H,20,23). The highest BCUT2D eigenvalue weighted by atomic mass is 32.2. The van der Waals surface area contributed by atoms with E-state index in [0.717, 1.165) is 0 Å². The number of amides is 2. The number of hydrogen-bond donors (Lipinski definition) is 2. The summed E-state index contributed by atoms with van der Waals surface area (Å²) in [7, 11) is -3.34. The Morgan fingerprint density at radius 1 is 0.929 bits per heavy atom. The third-order valence-corrected chi connectivity index (χ3v) is 6.29. The van der Waals surface area contributed by atoms with E-state index in [1.54, 1.807) is 24.3 Å². The van der Waals surface area contributed by atoms with Gasteiger partial charge in [0.1, 0.15) is 0 Å². The lowest BCUT2D eigenvalue weighted by Crippen LogP contribution is -2.41. The van der Waals surface area contributed by atoms with E-state index in [9.17, 15) is 18.0 Å². The van der Waals surface area contributed by atoms with E-state index in [4.69, 9.17) is 9.47 Å². The van der Waals surface area contributed by atoms with Crippen molar-refractivity contribution in [1.82, 2.24) is 10.9 Å². The van der Waals surface area contributed by atoms with Crippen LogP contribution in [-0.4, -0.2) is 39.3 Å². The molecule has 0 aromatic heterocycles. The average Bonchev–Trinajstić information content (AvgIpc) is 3.30. The Morgan fingerprint density at radius 3 is 2.36 bits per heavy atom. The molecule has 146 valence electrons. The van der Waals surface area contributed by atoms with Gasteiger partial charge in [-0.3, -0.25) is 24.7 Å². The summed E-state index contributed by atoms with van der Waals surface area (Å²) in [4.78, 5) is 24.6. The molecule has 2 N–H and O–H groups in total. The second kappa shape index (κ2) is 7.04. The van der Waals surface area contributed by atoms with Crippen LogP contribution in [0.3, 0.4) is 0 Å². The number of sulfonamides is 1. The number of hydrazine groups is 1. The van der Waals surface area contributed by atoms with Gasteiger partial charge in [0.25, 0.3) is 11.8 Å². The monoisotopic (exact) mass is 403 g/mol. The zero-order valence-electron chi connectivity index (χ0n) is 14.7. The van der Waals surface area contributed by atoms with Gasteiger partial charge >= 0.3 is 0 Å². The summed E-state index contributed by atoms with van der Waals surface area (Å²) < 4.78 is 35.8. The van der Waals surface area contributed by atoms with E-state index in [2.05, 4.69) is 10.9 Å². The molecule has 0 radical (unpaired) electrons. The molecule has 1 fully saturated rings. The summed E-state index contributed by atoms with van der Waals surface area (Å²) in [6.07, 6.45) is 0.546. The molecular formula is C18H17N3O6S. The summed E-state index contributed by atoms with van der Waals surface area (Å²) >= 11 is 0. The number of rotatable bonds is 3. The van der Waals surface area contributed by atoms with Crippen molar-refractivity contribution in [3.63, 3.8) is 0 Å². The van der Waals surface area contributed by atoms with Gasteiger partial charge < -0.3 is 9.47 Å². The maximum absolute atomic E-state index is 12.4. The molecule has 2 aromatic carbocycles. The summed E-state index contributed by atoms with van der Waals surface area (Å²) in [5.41, 5.74) is 5.60. The smallest absolute Gasteiger partial charge is 0.269 e. The first-order chi connectivity index (χ1) is 13.4. The molecule has 0 unspecified atom stereocenters. The summed E-state index contributed by atoms with van der Waals surface area (Å²) in [6.45, 7) is 0.481. The van der Waals surface area contributed by atoms with E-state index in [-0.39, 0.29) is 18.1 Å². The lowest BCUT2D eigenvalue weighted by Gasteiger charge is -2.17. The van der Waals surface area contributed by atoms with Gasteiger partial charge in [-0.1, -0.05) is 6.07 Å². The zero-order valence-corrected chi connectivity index (χ0v) is 15.5. The van der Waals surface area contributed by atoms with Gasteiger partial charge in [0, 0.05) is 17.7 Å². The molecule has 0 atom stereocenters. The molecule has 1 saturated heterocycles. The van der Waals surface area contributed by atoms with Crippen molar-refractivity contribution in [3.05, 3.63) is 53.6 Å². The van der Waals surface area contributed by atoms with E-state index in [0.29, 0.717) is 35.7 Å². The van der Waals surface area contributed by atoms with E-state index in [1.807, 2.05) is 0 Å². The first-order valence-electron chi connectivity index (χ1n) is 8.55. The Labute approximate surface area is 161 Å². The normalized spacial score (nSPS) is 16.6. The van der Waals surface area contributed by atoms with E-state index < -0.39 is 21.8 Å². The summed E-state index contributed by atoms with van der Waals surface area (Å²) in [5.74, 6) is 0.0138. The largest absolute Gasteiger partial charge is 0.454 e. The van der Waals surface area contributed by atoms with Gasteiger partial charge in [0.2, 0.25) is 16.8 Å². The number of carbonyl (C=O) groups is 2. The van der Waals surface area contributed by atoms with E-state index in [1.165, 1.54) is 22.5 Å². The quantitative estimate of drug-likeness (QED) is 0.740. The number of carbonyl (C=O) groups excluding carboxylic acids is 2. The molecule has 2 aliphatic rings. The van der Waals surface area contributed by atoms with Gasteiger partial charge in [0.15, 0.2) is 11.5 Å². The number of nitrogens with one attached hydrogen (secondary N) is 2. The molecule has 2 aromatic rings. The van der Waals surface area contributed by atoms with Gasteiger partial charge in [-0.05, 0) is 42.8 Å². The maximum atomic E-state index is 12.4. The second-order valence-corrected chi connectivity index (χ2v) is 8.28. The first-order valence-corrected chi connectivity index (χ1v) is 10.2. The first kappa shape index (κ1) is 18.1. The Morgan fingerprint density at radius 2 is 1.64 bits per heavy atom. The molecule has 0 spiro atoms. The lowest BCUT2D eigenvalue weighted by atomic mass is 10.2. The molecule has 2 aliphatic heterocycles. The fourth-order valence-electron chi connectivity index (χ4n) is 3.03. The number of ether oxygens (including phenoxy) is 2. The highest BCUT2D eigenvalue weighted by Gasteiger charge is 2.28. The minimum Gasteiger partial charge on any atom is -0.454 e. The number of hydrogen-bond acceptors (Lipinski definition) is 6. The van der Waals surface area contributed by atoms with Crippen molar-refractivity contribution in [3.8, 4) is 11.5 Å². The molecular weight excluding hydrogens is 386 g/mol. The van der Waals surface area contributed by atoms with Crippen molar-refractivity contribution >= 4 is 27.5 Å². The van der Waals surface area contributed by atoms with Gasteiger partial charge in [-0.15, -0.1) is 0 Å². The Balaban J connectivity index is 1.43. The van der Waals surface area contributed by atoms with Gasteiger partial charge in [0.05, 0.1) is 11.4 Å². The highest BCUT2D eigenvalue weighted by Crippen LogP contribution is 2.32. The van der Waals surface area contributed by atoms with Crippen LogP contribution in [0.1, 0.15) is 27.1 Å². The van der Waals surface area contributed by atoms with E-state index >= 15 is 0 Å². The van der Waals surface area contributed by atoms with Crippen molar-refractivity contribution in [2.24, 2.45) is 0 Å². The molecule has 28 heavy (non-hydrogen) atoms. The third kappa shape index (κ3) is 3.46. The molecule has 4 rings (SSSR count). The zero-order chi connectivity index (χ0) is 19.7. The van der Waals surface area contributed by atoms with Crippen molar-refractivity contribution < 1.29 is 27.5 Å². The minimum atomic E-state index is -3.34. The van der Waals surface area contributed by atoms with Crippen molar-refractivity contribution in [2.75, 3.05) is 23.4 Å². The minimum absolute atomic E-state index is 0.0923. The molecule has 0 bridgehead atoms. The van der Waals surface area contributed by atoms with Crippen LogP contribution in [0.4, 0.5) is 5.69 Å². The average molecular weight is 403 g/mol. The number of benzene rings is 2. The van der Waals surface area contributed by atoms with Crippen LogP contribution in [0, 0.1) is 0 Å². The number of fused-ring (bicyclic) bond motifs is 1. The molecule has 10 heteroatoms. The molecule has 0 aliphatic carbocycles. The Kier molecular flexibility index (Phi) is 4.55. The number of anilines is 1. The number of nitrogens with zero attached hydrogens (tertiary/aromatic N) is 1. The highest BCUT2D eigenvalue weighted by molar-refractivity contribution is 7.93. The fraction of sp³-hybridized carbons (Fsp3) is 0.222. The van der Waals surface area contributed by atoms with Crippen molar-refractivity contribution in [1.29, 1.82) is 0 Å². The Bertz CT molecular complexity index is 1050. The van der Waals surface area contributed by atoms with Crippen molar-refractivity contribution in [2.45, 2.75) is 6.42 Å². The second-order valence-electron chi connectivity index (χ2n) is 6.27. The van der Waals surface area contributed by atoms with Crippen LogP contribution >= 0.6 is 0 Å². The fourth-order valence-corrected chi connectivity index (χ4v) is 4.58. The van der Waals surface area contributed by atoms with Crippen LogP contribution in [0.25, 0.3) is 0 Å². The molecule has 9 nitrogen and oxygen atoms in total. The summed E-state index contributed by atoms with van der Waals surface area (Å²) in [5, 5.41) is 0. The SMILES string of the molecule is O=C(NNC(=O)c1ccc2c(c1)OCO2)c1cccc(N2CCCS2(=O)=O)c1. The van der Waals surface area contributed by atoms with Crippen LogP contribution in [0.2, 0.25) is 0 Å². The molecule has 0 saturated carbocycles. The predicted molar refractivity (Wildman–Crippen MR) is 99.7 cm³/mol. The Hall–Kier alpha value is -3.27. The predicted octanol–water partition coefficient (Wildman–Crippen LogP) is 1.03. The lowest BCUT2D eigenvalue weighted by molar-refractivity contribution is 0.0846. The topological polar surface area (TPSA) is 114 Å². The third-order valence-electron chi connectivity index (χ3n) is 4.42. The van der Waals surface area contributed by atoms with Crippen LogP contribution in [0.5, 0.6) is 11.5 Å². The van der Waals surface area contributed by atoms with Gasteiger partial charge in [-0.25, -0.2) is 8.42 Å². The van der Waals surface area contributed by atoms with Crippen LogP contribution in [0.15, 0.2) is 42.5 Å².